The lowest BCUT2D eigenvalue weighted by atomic mass is 10.1. The van der Waals surface area contributed by atoms with Crippen molar-refractivity contribution >= 4 is 39.1 Å². The summed E-state index contributed by atoms with van der Waals surface area (Å²) in [6.07, 6.45) is 0. The van der Waals surface area contributed by atoms with Crippen LogP contribution in [0.1, 0.15) is 33.3 Å². The van der Waals surface area contributed by atoms with E-state index in [-0.39, 0.29) is 23.2 Å². The molecular weight excluding hydrogens is 557 g/mol. The maximum absolute atomic E-state index is 13.8. The third-order valence-corrected chi connectivity index (χ3v) is 7.98. The number of hydrogen-bond donors (Lipinski definition) is 1. The molecule has 3 rings (SSSR count). The first-order valence-electron chi connectivity index (χ1n) is 12.8. The van der Waals surface area contributed by atoms with E-state index < -0.39 is 40.2 Å². The smallest absolute Gasteiger partial charge is 0.264 e. The van der Waals surface area contributed by atoms with Crippen LogP contribution in [-0.4, -0.2) is 50.4 Å². The zero-order valence-corrected chi connectivity index (χ0v) is 24.4. The molecule has 214 valence electrons. The SMILES string of the molecule is CCOc1ccc(S(=O)(=O)N(CC(=O)N(Cc2cccc(Cl)c2)[C@H](C)C(=O)NC(C)C)c2ccc(F)cc2)cc1. The Bertz CT molecular complexity index is 1420. The summed E-state index contributed by atoms with van der Waals surface area (Å²) in [5.74, 6) is -1.10. The summed E-state index contributed by atoms with van der Waals surface area (Å²) >= 11 is 6.14. The zero-order valence-electron chi connectivity index (χ0n) is 22.8. The van der Waals surface area contributed by atoms with Gasteiger partial charge in [-0.2, -0.15) is 0 Å². The number of amides is 2. The quantitative estimate of drug-likeness (QED) is 0.320. The second-order valence-electron chi connectivity index (χ2n) is 9.38. The number of sulfonamides is 1. The summed E-state index contributed by atoms with van der Waals surface area (Å²) in [6.45, 7) is 6.76. The van der Waals surface area contributed by atoms with Crippen LogP contribution in [0.5, 0.6) is 5.75 Å². The van der Waals surface area contributed by atoms with Gasteiger partial charge in [0.2, 0.25) is 11.8 Å². The molecule has 0 saturated heterocycles. The van der Waals surface area contributed by atoms with Gasteiger partial charge < -0.3 is 15.0 Å². The fraction of sp³-hybridized carbons (Fsp3) is 0.310. The molecule has 0 heterocycles. The fourth-order valence-corrected chi connectivity index (χ4v) is 5.58. The third-order valence-electron chi connectivity index (χ3n) is 5.96. The molecule has 0 saturated carbocycles. The van der Waals surface area contributed by atoms with E-state index in [2.05, 4.69) is 5.32 Å². The van der Waals surface area contributed by atoms with Crippen molar-refractivity contribution in [1.82, 2.24) is 10.2 Å². The molecule has 8 nitrogen and oxygen atoms in total. The van der Waals surface area contributed by atoms with E-state index in [1.807, 2.05) is 6.92 Å². The van der Waals surface area contributed by atoms with Crippen LogP contribution in [0.25, 0.3) is 0 Å². The van der Waals surface area contributed by atoms with Crippen molar-refractivity contribution in [2.75, 3.05) is 17.5 Å². The minimum Gasteiger partial charge on any atom is -0.494 e. The van der Waals surface area contributed by atoms with E-state index in [1.54, 1.807) is 45.0 Å². The second-order valence-corrected chi connectivity index (χ2v) is 11.7. The van der Waals surface area contributed by atoms with Crippen molar-refractivity contribution < 1.29 is 27.1 Å². The molecule has 0 spiro atoms. The van der Waals surface area contributed by atoms with Crippen LogP contribution in [0.3, 0.4) is 0 Å². The van der Waals surface area contributed by atoms with Gasteiger partial charge in [0.15, 0.2) is 0 Å². The number of hydrogen-bond acceptors (Lipinski definition) is 5. The zero-order chi connectivity index (χ0) is 29.4. The molecule has 0 radical (unpaired) electrons. The van der Waals surface area contributed by atoms with Crippen molar-refractivity contribution in [2.24, 2.45) is 0 Å². The van der Waals surface area contributed by atoms with Gasteiger partial charge in [0.1, 0.15) is 24.2 Å². The first kappa shape index (κ1) is 30.9. The lowest BCUT2D eigenvalue weighted by Gasteiger charge is -2.32. The number of carbonyl (C=O) groups is 2. The van der Waals surface area contributed by atoms with Crippen LogP contribution in [-0.2, 0) is 26.2 Å². The average Bonchev–Trinajstić information content (AvgIpc) is 2.90. The lowest BCUT2D eigenvalue weighted by Crippen LogP contribution is -2.52. The molecule has 3 aromatic rings. The summed E-state index contributed by atoms with van der Waals surface area (Å²) in [7, 11) is -4.29. The highest BCUT2D eigenvalue weighted by molar-refractivity contribution is 7.92. The number of nitrogens with zero attached hydrogens (tertiary/aromatic N) is 2. The summed E-state index contributed by atoms with van der Waals surface area (Å²) in [4.78, 5) is 28.0. The molecule has 3 aromatic carbocycles. The number of rotatable bonds is 12. The van der Waals surface area contributed by atoms with Crippen LogP contribution in [0.2, 0.25) is 5.02 Å². The molecule has 11 heteroatoms. The molecule has 0 aliphatic heterocycles. The number of halogens is 2. The van der Waals surface area contributed by atoms with Crippen LogP contribution in [0, 0.1) is 5.82 Å². The van der Waals surface area contributed by atoms with Crippen LogP contribution in [0.4, 0.5) is 10.1 Å². The summed E-state index contributed by atoms with van der Waals surface area (Å²) in [5.41, 5.74) is 0.748. The standard InChI is InChI=1S/C29H33ClFN3O5S/c1-5-39-26-13-15-27(16-14-26)40(37,38)34(25-11-9-24(31)10-12-25)19-28(35)33(21(4)29(36)32-20(2)3)18-22-7-6-8-23(30)17-22/h6-17,20-21H,5,18-19H2,1-4H3,(H,32,36)/t21-/m1/s1. The van der Waals surface area contributed by atoms with Crippen molar-refractivity contribution in [2.45, 2.75) is 51.2 Å². The third kappa shape index (κ3) is 7.95. The second kappa shape index (κ2) is 13.6. The predicted molar refractivity (Wildman–Crippen MR) is 153 cm³/mol. The molecule has 0 aromatic heterocycles. The van der Waals surface area contributed by atoms with E-state index in [0.717, 1.165) is 16.4 Å². The van der Waals surface area contributed by atoms with E-state index in [0.29, 0.717) is 22.9 Å². The van der Waals surface area contributed by atoms with Crippen molar-refractivity contribution in [3.05, 3.63) is 89.2 Å². The molecule has 2 amide bonds. The average molecular weight is 590 g/mol. The molecule has 0 unspecified atom stereocenters. The van der Waals surface area contributed by atoms with E-state index in [4.69, 9.17) is 16.3 Å². The highest BCUT2D eigenvalue weighted by Gasteiger charge is 2.32. The predicted octanol–water partition coefficient (Wildman–Crippen LogP) is 5.02. The van der Waals surface area contributed by atoms with Crippen molar-refractivity contribution in [3.63, 3.8) is 0 Å². The first-order valence-corrected chi connectivity index (χ1v) is 14.6. The number of nitrogens with one attached hydrogen (secondary N) is 1. The molecule has 0 aliphatic rings. The van der Waals surface area contributed by atoms with Crippen molar-refractivity contribution in [3.8, 4) is 5.75 Å². The van der Waals surface area contributed by atoms with E-state index >= 15 is 0 Å². The van der Waals surface area contributed by atoms with Gasteiger partial charge >= 0.3 is 0 Å². The van der Waals surface area contributed by atoms with Crippen LogP contribution >= 0.6 is 11.6 Å². The molecule has 0 fully saturated rings. The topological polar surface area (TPSA) is 96.0 Å². The largest absolute Gasteiger partial charge is 0.494 e. The Morgan fingerprint density at radius 2 is 1.65 bits per heavy atom. The molecule has 0 aliphatic carbocycles. The Morgan fingerprint density at radius 1 is 1.00 bits per heavy atom. The van der Waals surface area contributed by atoms with Gasteiger partial charge in [0, 0.05) is 17.6 Å². The Morgan fingerprint density at radius 3 is 2.23 bits per heavy atom. The maximum Gasteiger partial charge on any atom is 0.264 e. The Balaban J connectivity index is 2.02. The monoisotopic (exact) mass is 589 g/mol. The van der Waals surface area contributed by atoms with E-state index in [1.165, 1.54) is 41.3 Å². The summed E-state index contributed by atoms with van der Waals surface area (Å²) in [6, 6.07) is 16.3. The Kier molecular flexibility index (Phi) is 10.5. The molecule has 1 atom stereocenters. The Labute approximate surface area is 239 Å². The lowest BCUT2D eigenvalue weighted by molar-refractivity contribution is -0.139. The minimum atomic E-state index is -4.29. The summed E-state index contributed by atoms with van der Waals surface area (Å²) < 4.78 is 47.7. The van der Waals surface area contributed by atoms with Gasteiger partial charge in [0.25, 0.3) is 10.0 Å². The van der Waals surface area contributed by atoms with Gasteiger partial charge in [-0.1, -0.05) is 23.7 Å². The maximum atomic E-state index is 13.8. The van der Waals surface area contributed by atoms with Crippen LogP contribution < -0.4 is 14.4 Å². The number of carbonyl (C=O) groups excluding carboxylic acids is 2. The number of benzene rings is 3. The van der Waals surface area contributed by atoms with E-state index in [9.17, 15) is 22.4 Å². The molecule has 40 heavy (non-hydrogen) atoms. The minimum absolute atomic E-state index is 0.00638. The highest BCUT2D eigenvalue weighted by Crippen LogP contribution is 2.26. The van der Waals surface area contributed by atoms with Gasteiger partial charge in [0.05, 0.1) is 17.2 Å². The number of ether oxygens (including phenoxy) is 1. The van der Waals surface area contributed by atoms with Gasteiger partial charge in [-0.05, 0) is 93.9 Å². The first-order chi connectivity index (χ1) is 18.9. The van der Waals surface area contributed by atoms with Gasteiger partial charge in [-0.3, -0.25) is 13.9 Å². The van der Waals surface area contributed by atoms with Gasteiger partial charge in [-0.15, -0.1) is 0 Å². The highest BCUT2D eigenvalue weighted by atomic mass is 35.5. The summed E-state index contributed by atoms with van der Waals surface area (Å²) in [5, 5.41) is 3.25. The fourth-order valence-electron chi connectivity index (χ4n) is 3.96. The molecule has 1 N–H and O–H groups in total. The molecular formula is C29H33ClFN3O5S. The van der Waals surface area contributed by atoms with Crippen LogP contribution in [0.15, 0.2) is 77.7 Å². The molecule has 0 bridgehead atoms. The number of anilines is 1. The van der Waals surface area contributed by atoms with Crippen molar-refractivity contribution in [1.29, 1.82) is 0 Å². The Hall–Kier alpha value is -3.63. The normalized spacial score (nSPS) is 12.1. The van der Waals surface area contributed by atoms with Gasteiger partial charge in [-0.25, -0.2) is 12.8 Å².